The highest BCUT2D eigenvalue weighted by Gasteiger charge is 2.34. The zero-order valence-corrected chi connectivity index (χ0v) is 27.3. The molecule has 1 aliphatic carbocycles. The summed E-state index contributed by atoms with van der Waals surface area (Å²) in [6.07, 6.45) is 4.93. The van der Waals surface area contributed by atoms with Gasteiger partial charge in [0.25, 0.3) is 5.91 Å². The van der Waals surface area contributed by atoms with E-state index in [2.05, 4.69) is 20.6 Å². The van der Waals surface area contributed by atoms with Crippen molar-refractivity contribution in [3.63, 3.8) is 0 Å². The molecule has 2 aliphatic rings. The molecule has 3 aromatic rings. The number of ether oxygens (including phenoxy) is 1. The molecule has 14 heteroatoms. The lowest BCUT2D eigenvalue weighted by molar-refractivity contribution is -0.137. The van der Waals surface area contributed by atoms with Crippen LogP contribution in [0.5, 0.6) is 0 Å². The number of thioether (sulfide) groups is 1. The quantitative estimate of drug-likeness (QED) is 0.229. The monoisotopic (exact) mass is 671 g/mol. The number of benzene rings is 1. The number of halogens is 3. The smallest absolute Gasteiger partial charge is 0.407 e. The Labute approximate surface area is 274 Å². The molecule has 0 radical (unpaired) electrons. The van der Waals surface area contributed by atoms with Crippen LogP contribution in [0.25, 0.3) is 11.3 Å². The molecule has 0 spiro atoms. The number of pyridine rings is 2. The van der Waals surface area contributed by atoms with Crippen LogP contribution in [0.3, 0.4) is 0 Å². The minimum Gasteiger partial charge on any atom is -0.481 e. The Morgan fingerprint density at radius 3 is 2.49 bits per heavy atom. The summed E-state index contributed by atoms with van der Waals surface area (Å²) in [4.78, 5) is 48.6. The molecule has 1 fully saturated rings. The van der Waals surface area contributed by atoms with Crippen LogP contribution in [0.4, 0.5) is 29.3 Å². The second kappa shape index (κ2) is 13.8. The van der Waals surface area contributed by atoms with Crippen molar-refractivity contribution in [3.05, 3.63) is 64.9 Å². The second-order valence-electron chi connectivity index (χ2n) is 12.6. The van der Waals surface area contributed by atoms with Crippen LogP contribution in [-0.4, -0.2) is 64.0 Å². The van der Waals surface area contributed by atoms with Crippen molar-refractivity contribution in [1.29, 1.82) is 0 Å². The van der Waals surface area contributed by atoms with Crippen molar-refractivity contribution >= 4 is 41.1 Å². The van der Waals surface area contributed by atoms with Gasteiger partial charge in [0.2, 0.25) is 0 Å². The number of fused-ring (bicyclic) bond motifs is 1. The number of carbonyl (C=O) groups is 3. The van der Waals surface area contributed by atoms with Crippen LogP contribution in [0.1, 0.15) is 74.1 Å². The second-order valence-corrected chi connectivity index (χ2v) is 13.5. The van der Waals surface area contributed by atoms with Crippen LogP contribution in [0, 0.1) is 17.5 Å². The molecule has 5 rings (SSSR count). The van der Waals surface area contributed by atoms with Crippen molar-refractivity contribution in [2.24, 2.45) is 0 Å². The van der Waals surface area contributed by atoms with Gasteiger partial charge in [0.15, 0.2) is 0 Å². The topological polar surface area (TPSA) is 134 Å². The van der Waals surface area contributed by atoms with E-state index in [9.17, 15) is 32.7 Å². The highest BCUT2D eigenvalue weighted by atomic mass is 32.2. The number of carboxylic acids is 1. The molecule has 1 unspecified atom stereocenters. The van der Waals surface area contributed by atoms with Crippen LogP contribution >= 0.6 is 11.8 Å². The third kappa shape index (κ3) is 7.80. The molecule has 3 N–H and O–H groups in total. The number of aromatic nitrogens is 2. The number of aliphatic carboxylic acids is 1. The fourth-order valence-corrected chi connectivity index (χ4v) is 6.51. The predicted molar refractivity (Wildman–Crippen MR) is 171 cm³/mol. The van der Waals surface area contributed by atoms with E-state index in [1.165, 1.54) is 6.20 Å². The summed E-state index contributed by atoms with van der Waals surface area (Å²) in [5, 5.41) is 15.2. The van der Waals surface area contributed by atoms with Crippen molar-refractivity contribution in [3.8, 4) is 11.3 Å². The first kappa shape index (κ1) is 34.0. The Morgan fingerprint density at radius 2 is 1.83 bits per heavy atom. The third-order valence-corrected chi connectivity index (χ3v) is 8.71. The van der Waals surface area contributed by atoms with Gasteiger partial charge in [-0.1, -0.05) is 0 Å². The Hall–Kier alpha value is -4.33. The average Bonchev–Trinajstić information content (AvgIpc) is 3.38. The normalized spacial score (nSPS) is 17.6. The number of amides is 2. The SMILES string of the molecule is CSc1cc(F)c(-c2nc(C(=O)Nc3cnc4c(c3N3CCC[C@H](NC(=O)OC(C)(C)C)C3)CCC4CC(=O)O)ccc2F)c(F)c1. The first-order valence-corrected chi connectivity index (χ1v) is 16.5. The summed E-state index contributed by atoms with van der Waals surface area (Å²) in [7, 11) is 0. The number of rotatable bonds is 8. The Morgan fingerprint density at radius 1 is 1.11 bits per heavy atom. The van der Waals surface area contributed by atoms with Gasteiger partial charge >= 0.3 is 12.1 Å². The van der Waals surface area contributed by atoms with Crippen molar-refractivity contribution in [1.82, 2.24) is 15.3 Å². The summed E-state index contributed by atoms with van der Waals surface area (Å²) in [6, 6.07) is 3.91. The summed E-state index contributed by atoms with van der Waals surface area (Å²) in [5.41, 5.74) is 0.0724. The summed E-state index contributed by atoms with van der Waals surface area (Å²) < 4.78 is 50.1. The molecular weight excluding hydrogens is 635 g/mol. The maximum Gasteiger partial charge on any atom is 0.407 e. The summed E-state index contributed by atoms with van der Waals surface area (Å²) in [6.45, 7) is 6.28. The zero-order chi connectivity index (χ0) is 34.0. The van der Waals surface area contributed by atoms with Crippen molar-refractivity contribution in [2.75, 3.05) is 29.6 Å². The van der Waals surface area contributed by atoms with E-state index < -0.39 is 52.3 Å². The molecule has 1 saturated heterocycles. The number of anilines is 2. The molecule has 2 aromatic heterocycles. The van der Waals surface area contributed by atoms with E-state index in [1.54, 1.807) is 27.0 Å². The minimum atomic E-state index is -1.01. The molecule has 2 amide bonds. The van der Waals surface area contributed by atoms with E-state index in [-0.39, 0.29) is 24.1 Å². The predicted octanol–water partition coefficient (Wildman–Crippen LogP) is 6.53. The van der Waals surface area contributed by atoms with Gasteiger partial charge in [-0.2, -0.15) is 0 Å². The van der Waals surface area contributed by atoms with E-state index in [0.717, 1.165) is 41.6 Å². The van der Waals surface area contributed by atoms with Crippen LogP contribution in [-0.2, 0) is 16.0 Å². The number of hydrogen-bond donors (Lipinski definition) is 3. The third-order valence-electron chi connectivity index (χ3n) is 8.01. The molecule has 10 nitrogen and oxygen atoms in total. The maximum atomic E-state index is 14.9. The number of alkyl carbamates (subject to hydrolysis) is 1. The number of carboxylic acid groups (broad SMARTS) is 1. The standard InChI is InChI=1S/C33H36F3N5O5S/c1-33(2,3)46-32(45)38-18-6-5-11-41(16-18)30-20-8-7-17(12-26(42)43)28(20)37-15-25(30)40-31(44)24-10-9-21(34)29(39-24)27-22(35)13-19(47-4)14-23(27)36/h9-10,13-15,17-18H,5-8,11-12,16H2,1-4H3,(H,38,45)(H,40,44)(H,42,43)/t17?,18-/m0/s1. The molecular formula is C33H36F3N5O5S. The highest BCUT2D eigenvalue weighted by molar-refractivity contribution is 7.98. The van der Waals surface area contributed by atoms with Gasteiger partial charge in [0.05, 0.1) is 29.6 Å². The van der Waals surface area contributed by atoms with Crippen LogP contribution < -0.4 is 15.5 Å². The summed E-state index contributed by atoms with van der Waals surface area (Å²) >= 11 is 1.12. The fraction of sp³-hybridized carbons (Fsp3) is 0.424. The number of nitrogens with one attached hydrogen (secondary N) is 2. The van der Waals surface area contributed by atoms with Gasteiger partial charge in [0.1, 0.15) is 34.4 Å². The molecule has 0 saturated carbocycles. The van der Waals surface area contributed by atoms with E-state index in [4.69, 9.17) is 4.74 Å². The lowest BCUT2D eigenvalue weighted by Crippen LogP contribution is -2.49. The van der Waals surface area contributed by atoms with Gasteiger partial charge in [-0.05, 0) is 82.5 Å². The Bertz CT molecular complexity index is 1690. The molecule has 1 aliphatic heterocycles. The highest BCUT2D eigenvalue weighted by Crippen LogP contribution is 2.43. The zero-order valence-electron chi connectivity index (χ0n) is 26.5. The molecule has 1 aromatic carbocycles. The minimum absolute atomic E-state index is 0.0959. The van der Waals surface area contributed by atoms with Crippen molar-refractivity contribution < 1.29 is 37.4 Å². The number of carbonyl (C=O) groups excluding carboxylic acids is 2. The largest absolute Gasteiger partial charge is 0.481 e. The van der Waals surface area contributed by atoms with Gasteiger partial charge < -0.3 is 25.4 Å². The molecule has 2 atom stereocenters. The molecule has 0 bridgehead atoms. The Balaban J connectivity index is 1.48. The lowest BCUT2D eigenvalue weighted by atomic mass is 10.0. The first-order valence-electron chi connectivity index (χ1n) is 15.2. The average molecular weight is 672 g/mol. The van der Waals surface area contributed by atoms with Crippen molar-refractivity contribution in [2.45, 2.75) is 75.3 Å². The fourth-order valence-electron chi connectivity index (χ4n) is 6.07. The van der Waals surface area contributed by atoms with Crippen LogP contribution in [0.15, 0.2) is 35.4 Å². The first-order chi connectivity index (χ1) is 22.2. The van der Waals surface area contributed by atoms with Gasteiger partial charge in [0, 0.05) is 35.6 Å². The lowest BCUT2D eigenvalue weighted by Gasteiger charge is -2.37. The van der Waals surface area contributed by atoms with Gasteiger partial charge in [-0.15, -0.1) is 11.8 Å². The van der Waals surface area contributed by atoms with Gasteiger partial charge in [-0.3, -0.25) is 14.6 Å². The van der Waals surface area contributed by atoms with E-state index >= 15 is 0 Å². The number of piperidine rings is 1. The number of nitrogens with zero attached hydrogens (tertiary/aromatic N) is 3. The Kier molecular flexibility index (Phi) is 9.99. The summed E-state index contributed by atoms with van der Waals surface area (Å²) in [5.74, 6) is -5.06. The molecule has 47 heavy (non-hydrogen) atoms. The van der Waals surface area contributed by atoms with Gasteiger partial charge in [-0.25, -0.2) is 22.9 Å². The molecule has 3 heterocycles. The molecule has 250 valence electrons. The van der Waals surface area contributed by atoms with E-state index in [1.807, 2.05) is 4.90 Å². The number of hydrogen-bond acceptors (Lipinski definition) is 8. The van der Waals surface area contributed by atoms with E-state index in [0.29, 0.717) is 60.7 Å². The maximum absolute atomic E-state index is 14.9. The van der Waals surface area contributed by atoms with Crippen LogP contribution in [0.2, 0.25) is 0 Å².